The van der Waals surface area contributed by atoms with Gasteiger partial charge >= 0.3 is 0 Å². The summed E-state index contributed by atoms with van der Waals surface area (Å²) in [6.45, 7) is 0. The van der Waals surface area contributed by atoms with E-state index in [1.807, 2.05) is 12.1 Å². The number of aromatic nitrogens is 1. The second-order valence-corrected chi connectivity index (χ2v) is 5.21. The van der Waals surface area contributed by atoms with E-state index in [2.05, 4.69) is 69.4 Å². The molecule has 1 heterocycles. The van der Waals surface area contributed by atoms with Crippen LogP contribution in [0.2, 0.25) is 0 Å². The molecule has 0 atom stereocenters. The van der Waals surface area contributed by atoms with Crippen LogP contribution in [0.4, 0.5) is 0 Å². The number of para-hydroxylation sites is 1. The van der Waals surface area contributed by atoms with Gasteiger partial charge in [0, 0.05) is 22.0 Å². The van der Waals surface area contributed by atoms with E-state index in [1.54, 1.807) is 0 Å². The van der Waals surface area contributed by atoms with Crippen molar-refractivity contribution in [1.29, 1.82) is 0 Å². The van der Waals surface area contributed by atoms with Crippen LogP contribution in [0.1, 0.15) is 11.3 Å². The minimum Gasteiger partial charge on any atom is -0.252 e. The third kappa shape index (κ3) is 2.44. The summed E-state index contributed by atoms with van der Waals surface area (Å²) in [5.74, 6) is 0. The van der Waals surface area contributed by atoms with Crippen molar-refractivity contribution in [3.05, 3.63) is 76.4 Å². The Morgan fingerprint density at radius 3 is 2.44 bits per heavy atom. The maximum atomic E-state index is 4.68. The van der Waals surface area contributed by atoms with Gasteiger partial charge in [0.1, 0.15) is 0 Å². The summed E-state index contributed by atoms with van der Waals surface area (Å²) in [5.41, 5.74) is 3.45. The summed E-state index contributed by atoms with van der Waals surface area (Å²) in [6, 6.07) is 20.8. The van der Waals surface area contributed by atoms with Crippen molar-refractivity contribution >= 4 is 26.8 Å². The first-order valence-electron chi connectivity index (χ1n) is 5.90. The van der Waals surface area contributed by atoms with Gasteiger partial charge in [-0.05, 0) is 29.8 Å². The number of benzene rings is 2. The fourth-order valence-electron chi connectivity index (χ4n) is 2.02. The quantitative estimate of drug-likeness (QED) is 0.674. The molecule has 0 spiro atoms. The van der Waals surface area contributed by atoms with E-state index in [4.69, 9.17) is 0 Å². The van der Waals surface area contributed by atoms with E-state index in [-0.39, 0.29) is 0 Å². The molecule has 1 nitrogen and oxygen atoms in total. The van der Waals surface area contributed by atoms with Crippen LogP contribution in [0, 0.1) is 0 Å². The van der Waals surface area contributed by atoms with Gasteiger partial charge in [0.2, 0.25) is 0 Å². The van der Waals surface area contributed by atoms with Gasteiger partial charge in [-0.3, -0.25) is 4.98 Å². The second-order valence-electron chi connectivity index (χ2n) is 4.30. The van der Waals surface area contributed by atoms with Crippen LogP contribution in [0.15, 0.2) is 65.1 Å². The summed E-state index contributed by atoms with van der Waals surface area (Å²) in [4.78, 5) is 4.68. The third-order valence-electron chi connectivity index (χ3n) is 2.95. The van der Waals surface area contributed by atoms with Crippen LogP contribution in [-0.4, -0.2) is 4.98 Å². The number of fused-ring (bicyclic) bond motifs is 1. The number of nitrogens with zero attached hydrogens (tertiary/aromatic N) is 1. The fourth-order valence-corrected chi connectivity index (χ4v) is 2.28. The molecule has 0 unspecified atom stereocenters. The molecule has 0 radical (unpaired) electrons. The molecule has 0 aliphatic carbocycles. The van der Waals surface area contributed by atoms with E-state index in [0.29, 0.717) is 0 Å². The molecule has 18 heavy (non-hydrogen) atoms. The van der Waals surface area contributed by atoms with E-state index in [1.165, 1.54) is 10.9 Å². The summed E-state index contributed by atoms with van der Waals surface area (Å²) >= 11 is 3.45. The number of rotatable bonds is 2. The minimum atomic E-state index is 0.873. The topological polar surface area (TPSA) is 12.9 Å². The Balaban J connectivity index is 1.92. The van der Waals surface area contributed by atoms with Crippen LogP contribution < -0.4 is 0 Å². The monoisotopic (exact) mass is 297 g/mol. The number of hydrogen-bond acceptors (Lipinski definition) is 1. The van der Waals surface area contributed by atoms with Gasteiger partial charge in [0.15, 0.2) is 0 Å². The Kier molecular flexibility index (Phi) is 3.11. The Morgan fingerprint density at radius 2 is 1.61 bits per heavy atom. The van der Waals surface area contributed by atoms with Crippen LogP contribution in [0.5, 0.6) is 0 Å². The zero-order valence-electron chi connectivity index (χ0n) is 9.81. The molecule has 0 aliphatic rings. The molecular formula is C16H12BrN. The predicted octanol–water partition coefficient (Wildman–Crippen LogP) is 4.59. The molecule has 0 bridgehead atoms. The zero-order valence-corrected chi connectivity index (χ0v) is 11.4. The Hall–Kier alpha value is -1.67. The largest absolute Gasteiger partial charge is 0.252 e. The highest BCUT2D eigenvalue weighted by molar-refractivity contribution is 9.10. The van der Waals surface area contributed by atoms with Crippen molar-refractivity contribution in [2.24, 2.45) is 0 Å². The van der Waals surface area contributed by atoms with E-state index in [9.17, 15) is 0 Å². The van der Waals surface area contributed by atoms with Crippen LogP contribution in [-0.2, 0) is 6.42 Å². The third-order valence-corrected chi connectivity index (χ3v) is 3.48. The molecule has 2 heteroatoms. The normalized spacial score (nSPS) is 10.7. The molecule has 3 aromatic rings. The summed E-state index contributed by atoms with van der Waals surface area (Å²) in [6.07, 6.45) is 0.873. The van der Waals surface area contributed by atoms with Crippen molar-refractivity contribution in [3.8, 4) is 0 Å². The molecule has 3 rings (SSSR count). The second kappa shape index (κ2) is 4.91. The lowest BCUT2D eigenvalue weighted by Gasteiger charge is -2.03. The molecule has 0 saturated carbocycles. The van der Waals surface area contributed by atoms with E-state index in [0.717, 1.165) is 22.1 Å². The van der Waals surface area contributed by atoms with Crippen molar-refractivity contribution in [2.75, 3.05) is 0 Å². The SMILES string of the molecule is Brc1ccc(Cc2ccc3ccccc3n2)cc1. The van der Waals surface area contributed by atoms with Crippen LogP contribution in [0.25, 0.3) is 10.9 Å². The van der Waals surface area contributed by atoms with Crippen molar-refractivity contribution in [2.45, 2.75) is 6.42 Å². The Morgan fingerprint density at radius 1 is 0.833 bits per heavy atom. The first kappa shape index (κ1) is 11.4. The lowest BCUT2D eigenvalue weighted by atomic mass is 10.1. The van der Waals surface area contributed by atoms with Crippen molar-refractivity contribution < 1.29 is 0 Å². The molecule has 0 N–H and O–H groups in total. The van der Waals surface area contributed by atoms with Gasteiger partial charge in [-0.25, -0.2) is 0 Å². The van der Waals surface area contributed by atoms with Crippen LogP contribution >= 0.6 is 15.9 Å². The number of halogens is 1. The lowest BCUT2D eigenvalue weighted by Crippen LogP contribution is -1.92. The first-order chi connectivity index (χ1) is 8.81. The van der Waals surface area contributed by atoms with Gasteiger partial charge in [-0.1, -0.05) is 52.3 Å². The molecule has 0 fully saturated rings. The average Bonchev–Trinajstić information content (AvgIpc) is 2.41. The molecular weight excluding hydrogens is 286 g/mol. The maximum Gasteiger partial charge on any atom is 0.0705 e. The molecule has 0 amide bonds. The Bertz CT molecular complexity index is 674. The van der Waals surface area contributed by atoms with Gasteiger partial charge in [0.25, 0.3) is 0 Å². The van der Waals surface area contributed by atoms with E-state index < -0.39 is 0 Å². The standard InChI is InChI=1S/C16H12BrN/c17-14-8-5-12(6-9-14)11-15-10-7-13-3-1-2-4-16(13)18-15/h1-10H,11H2. The van der Waals surface area contributed by atoms with E-state index >= 15 is 0 Å². The number of pyridine rings is 1. The van der Waals surface area contributed by atoms with Gasteiger partial charge in [0.05, 0.1) is 5.52 Å². The molecule has 88 valence electrons. The molecule has 2 aromatic carbocycles. The van der Waals surface area contributed by atoms with Gasteiger partial charge in [-0.15, -0.1) is 0 Å². The molecule has 1 aromatic heterocycles. The van der Waals surface area contributed by atoms with Crippen molar-refractivity contribution in [1.82, 2.24) is 4.98 Å². The first-order valence-corrected chi connectivity index (χ1v) is 6.70. The fraction of sp³-hybridized carbons (Fsp3) is 0.0625. The highest BCUT2D eigenvalue weighted by Crippen LogP contribution is 2.16. The van der Waals surface area contributed by atoms with Gasteiger partial charge in [-0.2, -0.15) is 0 Å². The smallest absolute Gasteiger partial charge is 0.0705 e. The summed E-state index contributed by atoms with van der Waals surface area (Å²) in [5, 5.41) is 1.19. The van der Waals surface area contributed by atoms with Gasteiger partial charge < -0.3 is 0 Å². The summed E-state index contributed by atoms with van der Waals surface area (Å²) < 4.78 is 1.11. The molecule has 0 aliphatic heterocycles. The highest BCUT2D eigenvalue weighted by Gasteiger charge is 2.00. The summed E-state index contributed by atoms with van der Waals surface area (Å²) in [7, 11) is 0. The van der Waals surface area contributed by atoms with Crippen LogP contribution in [0.3, 0.4) is 0 Å². The lowest BCUT2D eigenvalue weighted by molar-refractivity contribution is 1.10. The Labute approximate surface area is 115 Å². The zero-order chi connectivity index (χ0) is 12.4. The highest BCUT2D eigenvalue weighted by atomic mass is 79.9. The molecule has 0 saturated heterocycles. The number of hydrogen-bond donors (Lipinski definition) is 0. The average molecular weight is 298 g/mol. The minimum absolute atomic E-state index is 0.873. The van der Waals surface area contributed by atoms with Crippen molar-refractivity contribution in [3.63, 3.8) is 0 Å². The maximum absolute atomic E-state index is 4.68. The predicted molar refractivity (Wildman–Crippen MR) is 78.7 cm³/mol.